The van der Waals surface area contributed by atoms with Crippen LogP contribution < -0.4 is 5.14 Å². The van der Waals surface area contributed by atoms with Crippen molar-refractivity contribution in [2.45, 2.75) is 30.0 Å². The molecule has 6 heteroatoms. The summed E-state index contributed by atoms with van der Waals surface area (Å²) in [4.78, 5) is 4.01. The van der Waals surface area contributed by atoms with Crippen molar-refractivity contribution in [3.05, 3.63) is 24.0 Å². The predicted molar refractivity (Wildman–Crippen MR) is 59.2 cm³/mol. The lowest BCUT2D eigenvalue weighted by atomic mass is 10.2. The monoisotopic (exact) mass is 248 g/mol. The molecule has 1 heterocycles. The summed E-state index contributed by atoms with van der Waals surface area (Å²) in [6.45, 7) is 1.98. The Morgan fingerprint density at radius 1 is 1.53 bits per heavy atom. The molecule has 0 aromatic carbocycles. The van der Waals surface area contributed by atoms with Crippen LogP contribution >= 0.6 is 11.6 Å². The summed E-state index contributed by atoms with van der Waals surface area (Å²) in [7, 11) is -3.65. The van der Waals surface area contributed by atoms with Crippen molar-refractivity contribution < 1.29 is 8.42 Å². The molecule has 1 rings (SSSR count). The molecule has 0 saturated carbocycles. The first-order valence-electron chi connectivity index (χ1n) is 4.55. The molecule has 1 aromatic heterocycles. The average molecular weight is 249 g/mol. The van der Waals surface area contributed by atoms with Crippen molar-refractivity contribution in [1.82, 2.24) is 4.98 Å². The van der Waals surface area contributed by atoms with Gasteiger partial charge in [-0.15, -0.1) is 11.6 Å². The van der Waals surface area contributed by atoms with E-state index >= 15 is 0 Å². The maximum atomic E-state index is 10.9. The zero-order chi connectivity index (χ0) is 11.5. The van der Waals surface area contributed by atoms with Gasteiger partial charge in [0.05, 0.1) is 0 Å². The maximum Gasteiger partial charge on any atom is 0.239 e. The van der Waals surface area contributed by atoms with E-state index in [2.05, 4.69) is 4.98 Å². The molecule has 0 radical (unpaired) electrons. The van der Waals surface area contributed by atoms with Gasteiger partial charge in [0.25, 0.3) is 0 Å². The summed E-state index contributed by atoms with van der Waals surface area (Å²) in [5.41, 5.74) is 0.768. The van der Waals surface area contributed by atoms with Crippen LogP contribution in [0.25, 0.3) is 0 Å². The second-order valence-electron chi connectivity index (χ2n) is 3.24. The van der Waals surface area contributed by atoms with Crippen LogP contribution in [0.15, 0.2) is 23.2 Å². The topological polar surface area (TPSA) is 73.1 Å². The van der Waals surface area contributed by atoms with Gasteiger partial charge in [-0.2, -0.15) is 0 Å². The van der Waals surface area contributed by atoms with Gasteiger partial charge in [0, 0.05) is 23.7 Å². The van der Waals surface area contributed by atoms with E-state index in [9.17, 15) is 8.42 Å². The highest BCUT2D eigenvalue weighted by Gasteiger charge is 2.09. The van der Waals surface area contributed by atoms with E-state index in [0.717, 1.165) is 12.1 Å². The summed E-state index contributed by atoms with van der Waals surface area (Å²) >= 11 is 5.95. The number of sulfonamides is 1. The Kier molecular flexibility index (Phi) is 4.07. The first-order chi connectivity index (χ1) is 6.93. The van der Waals surface area contributed by atoms with Crippen molar-refractivity contribution in [2.24, 2.45) is 5.14 Å². The molecule has 1 aromatic rings. The molecule has 0 saturated heterocycles. The Balaban J connectivity index is 2.82. The largest absolute Gasteiger partial charge is 0.260 e. The third-order valence-electron chi connectivity index (χ3n) is 2.00. The molecule has 0 spiro atoms. The van der Waals surface area contributed by atoms with E-state index in [1.54, 1.807) is 6.07 Å². The van der Waals surface area contributed by atoms with Crippen molar-refractivity contribution in [2.75, 3.05) is 0 Å². The number of hydrogen-bond donors (Lipinski definition) is 1. The van der Waals surface area contributed by atoms with E-state index in [1.807, 2.05) is 6.92 Å². The van der Waals surface area contributed by atoms with Gasteiger partial charge >= 0.3 is 0 Å². The number of halogens is 1. The molecule has 0 bridgehead atoms. The summed E-state index contributed by atoms with van der Waals surface area (Å²) < 4.78 is 21.9. The molecule has 84 valence electrons. The third kappa shape index (κ3) is 3.77. The van der Waals surface area contributed by atoms with Gasteiger partial charge in [-0.1, -0.05) is 6.92 Å². The Hall–Kier alpha value is -0.650. The molecule has 1 atom stereocenters. The molecule has 0 aliphatic rings. The second kappa shape index (κ2) is 4.92. The number of nitrogens with two attached hydrogens (primary N) is 1. The van der Waals surface area contributed by atoms with Gasteiger partial charge in [0.1, 0.15) is 4.90 Å². The van der Waals surface area contributed by atoms with Crippen molar-refractivity contribution in [3.63, 3.8) is 0 Å². The van der Waals surface area contributed by atoms with E-state index in [4.69, 9.17) is 16.7 Å². The highest BCUT2D eigenvalue weighted by atomic mass is 35.5. The fourth-order valence-corrected chi connectivity index (χ4v) is 1.69. The fourth-order valence-electron chi connectivity index (χ4n) is 1.07. The van der Waals surface area contributed by atoms with E-state index in [-0.39, 0.29) is 10.3 Å². The summed E-state index contributed by atoms with van der Waals surface area (Å²) in [5.74, 6) is 0. The molecule has 4 nitrogen and oxygen atoms in total. The Morgan fingerprint density at radius 3 is 2.60 bits per heavy atom. The Bertz CT molecular complexity index is 416. The van der Waals surface area contributed by atoms with E-state index in [1.165, 1.54) is 12.3 Å². The zero-order valence-corrected chi connectivity index (χ0v) is 9.92. The summed E-state index contributed by atoms with van der Waals surface area (Å²) in [6, 6.07) is 3.07. The van der Waals surface area contributed by atoms with E-state index in [0.29, 0.717) is 6.42 Å². The number of primary sulfonamides is 1. The number of nitrogens with zero attached hydrogens (tertiary/aromatic N) is 1. The molecule has 0 aliphatic carbocycles. The van der Waals surface area contributed by atoms with Crippen molar-refractivity contribution in [3.8, 4) is 0 Å². The third-order valence-corrected chi connectivity index (χ3v) is 3.36. The van der Waals surface area contributed by atoms with Gasteiger partial charge in [-0.05, 0) is 18.6 Å². The van der Waals surface area contributed by atoms with Crippen LogP contribution in [0.2, 0.25) is 0 Å². The van der Waals surface area contributed by atoms with Gasteiger partial charge in [-0.25, -0.2) is 13.6 Å². The van der Waals surface area contributed by atoms with Crippen LogP contribution in [-0.2, 0) is 16.4 Å². The second-order valence-corrected chi connectivity index (χ2v) is 5.42. The molecular weight excluding hydrogens is 236 g/mol. The molecule has 0 aliphatic heterocycles. The summed E-state index contributed by atoms with van der Waals surface area (Å²) in [5, 5.41) is 4.97. The first-order valence-corrected chi connectivity index (χ1v) is 6.53. The lowest BCUT2D eigenvalue weighted by Crippen LogP contribution is -2.13. The number of hydrogen-bond acceptors (Lipinski definition) is 3. The van der Waals surface area contributed by atoms with Crippen LogP contribution in [0.5, 0.6) is 0 Å². The minimum absolute atomic E-state index is 0.0221. The Morgan fingerprint density at radius 2 is 2.20 bits per heavy atom. The fraction of sp³-hybridized carbons (Fsp3) is 0.444. The molecule has 0 fully saturated rings. The average Bonchev–Trinajstić information content (AvgIpc) is 2.17. The highest BCUT2D eigenvalue weighted by Crippen LogP contribution is 2.11. The Labute approximate surface area is 94.5 Å². The predicted octanol–water partition coefficient (Wildman–Crippen LogP) is 1.29. The lowest BCUT2D eigenvalue weighted by Gasteiger charge is -2.05. The number of rotatable bonds is 4. The van der Waals surface area contributed by atoms with Crippen LogP contribution in [-0.4, -0.2) is 18.8 Å². The van der Waals surface area contributed by atoms with Crippen LogP contribution in [0.4, 0.5) is 0 Å². The zero-order valence-electron chi connectivity index (χ0n) is 8.35. The standard InChI is InChI=1S/C9H13ClN2O2S/c1-2-7(10)5-8-3-4-9(6-12-8)15(11,13)14/h3-4,6-7H,2,5H2,1H3,(H2,11,13,14). The number of aromatic nitrogens is 1. The quantitative estimate of drug-likeness (QED) is 0.816. The first kappa shape index (κ1) is 12.4. The smallest absolute Gasteiger partial charge is 0.239 e. The molecular formula is C9H13ClN2O2S. The molecule has 0 amide bonds. The van der Waals surface area contributed by atoms with Gasteiger partial charge < -0.3 is 0 Å². The number of pyridine rings is 1. The molecule has 15 heavy (non-hydrogen) atoms. The van der Waals surface area contributed by atoms with Crippen LogP contribution in [0.1, 0.15) is 19.0 Å². The number of alkyl halides is 1. The summed E-state index contributed by atoms with van der Waals surface area (Å²) in [6.07, 6.45) is 2.73. The molecule has 1 unspecified atom stereocenters. The van der Waals surface area contributed by atoms with Crippen LogP contribution in [0.3, 0.4) is 0 Å². The van der Waals surface area contributed by atoms with Crippen LogP contribution in [0, 0.1) is 0 Å². The van der Waals surface area contributed by atoms with Gasteiger partial charge in [0.15, 0.2) is 0 Å². The van der Waals surface area contributed by atoms with Gasteiger partial charge in [0.2, 0.25) is 10.0 Å². The SMILES string of the molecule is CCC(Cl)Cc1ccc(S(N)(=O)=O)cn1. The van der Waals surface area contributed by atoms with Crippen molar-refractivity contribution >= 4 is 21.6 Å². The molecule has 2 N–H and O–H groups in total. The lowest BCUT2D eigenvalue weighted by molar-refractivity contribution is 0.597. The van der Waals surface area contributed by atoms with E-state index < -0.39 is 10.0 Å². The maximum absolute atomic E-state index is 10.9. The minimum Gasteiger partial charge on any atom is -0.260 e. The minimum atomic E-state index is -3.65. The highest BCUT2D eigenvalue weighted by molar-refractivity contribution is 7.89. The van der Waals surface area contributed by atoms with Crippen molar-refractivity contribution in [1.29, 1.82) is 0 Å². The normalized spacial score (nSPS) is 13.8. The van der Waals surface area contributed by atoms with Gasteiger partial charge in [-0.3, -0.25) is 4.98 Å².